The van der Waals surface area contributed by atoms with Crippen LogP contribution >= 0.6 is 0 Å². The standard InChI is InChI=1S/C13H13FN2O4/c1-19-12(17)7-16(8-13(18)20-2)11-4-3-10(14)5-9(11)6-15/h3-5H,7-8H2,1-2H3. The number of halogens is 1. The lowest BCUT2D eigenvalue weighted by molar-refractivity contribution is -0.140. The molecule has 0 saturated carbocycles. The fourth-order valence-electron chi connectivity index (χ4n) is 1.54. The van der Waals surface area contributed by atoms with Gasteiger partial charge >= 0.3 is 11.9 Å². The third kappa shape index (κ3) is 3.95. The zero-order valence-electron chi connectivity index (χ0n) is 11.1. The molecule has 0 aliphatic heterocycles. The minimum absolute atomic E-state index is 0.0119. The minimum atomic E-state index is -0.595. The highest BCUT2D eigenvalue weighted by Crippen LogP contribution is 2.21. The molecule has 0 unspecified atom stereocenters. The topological polar surface area (TPSA) is 79.6 Å². The Morgan fingerprint density at radius 2 is 1.80 bits per heavy atom. The average molecular weight is 280 g/mol. The summed E-state index contributed by atoms with van der Waals surface area (Å²) in [5.74, 6) is -1.77. The second-order valence-electron chi connectivity index (χ2n) is 3.78. The van der Waals surface area contributed by atoms with E-state index in [1.807, 2.05) is 6.07 Å². The lowest BCUT2D eigenvalue weighted by Crippen LogP contribution is -2.36. The molecule has 0 atom stereocenters. The number of hydrogen-bond donors (Lipinski definition) is 0. The molecule has 1 aromatic carbocycles. The fourth-order valence-corrected chi connectivity index (χ4v) is 1.54. The van der Waals surface area contributed by atoms with Gasteiger partial charge < -0.3 is 14.4 Å². The summed E-state index contributed by atoms with van der Waals surface area (Å²) >= 11 is 0. The zero-order chi connectivity index (χ0) is 15.1. The Labute approximate surface area is 115 Å². The molecule has 1 aromatic rings. The van der Waals surface area contributed by atoms with Gasteiger partial charge in [0.05, 0.1) is 25.5 Å². The Bertz CT molecular complexity index is 536. The molecule has 1 rings (SSSR count). The minimum Gasteiger partial charge on any atom is -0.468 e. The second-order valence-corrected chi connectivity index (χ2v) is 3.78. The highest BCUT2D eigenvalue weighted by Gasteiger charge is 2.19. The SMILES string of the molecule is COC(=O)CN(CC(=O)OC)c1ccc(F)cc1C#N. The largest absolute Gasteiger partial charge is 0.468 e. The maximum absolute atomic E-state index is 13.1. The number of methoxy groups -OCH3 is 2. The van der Waals surface area contributed by atoms with Crippen LogP contribution in [0.3, 0.4) is 0 Å². The van der Waals surface area contributed by atoms with Gasteiger partial charge in [-0.15, -0.1) is 0 Å². The van der Waals surface area contributed by atoms with Crippen molar-refractivity contribution >= 4 is 17.6 Å². The predicted molar refractivity (Wildman–Crippen MR) is 67.4 cm³/mol. The van der Waals surface area contributed by atoms with Crippen LogP contribution in [0, 0.1) is 17.1 Å². The first-order valence-corrected chi connectivity index (χ1v) is 5.60. The second kappa shape index (κ2) is 7.09. The van der Waals surface area contributed by atoms with E-state index in [1.54, 1.807) is 0 Å². The quantitative estimate of drug-likeness (QED) is 0.744. The maximum atomic E-state index is 13.1. The number of benzene rings is 1. The fraction of sp³-hybridized carbons (Fsp3) is 0.308. The molecule has 7 heteroatoms. The van der Waals surface area contributed by atoms with Crippen molar-refractivity contribution in [2.45, 2.75) is 0 Å². The molecular weight excluding hydrogens is 267 g/mol. The molecule has 0 bridgehead atoms. The Kier molecular flexibility index (Phi) is 5.47. The first-order chi connectivity index (χ1) is 9.51. The van der Waals surface area contributed by atoms with Gasteiger partial charge in [-0.25, -0.2) is 4.39 Å². The Morgan fingerprint density at radius 3 is 2.25 bits per heavy atom. The van der Waals surface area contributed by atoms with Crippen LogP contribution in [0.2, 0.25) is 0 Å². The smallest absolute Gasteiger partial charge is 0.325 e. The molecule has 6 nitrogen and oxygen atoms in total. The molecule has 0 fully saturated rings. The maximum Gasteiger partial charge on any atom is 0.325 e. The summed E-state index contributed by atoms with van der Waals surface area (Å²) in [7, 11) is 2.41. The van der Waals surface area contributed by atoms with Crippen LogP contribution < -0.4 is 4.90 Å². The monoisotopic (exact) mass is 280 g/mol. The van der Waals surface area contributed by atoms with Gasteiger partial charge in [0.25, 0.3) is 0 Å². The van der Waals surface area contributed by atoms with Crippen LogP contribution in [0.4, 0.5) is 10.1 Å². The van der Waals surface area contributed by atoms with Gasteiger partial charge in [0.2, 0.25) is 0 Å². The Morgan fingerprint density at radius 1 is 1.25 bits per heavy atom. The van der Waals surface area contributed by atoms with E-state index >= 15 is 0 Å². The van der Waals surface area contributed by atoms with Crippen molar-refractivity contribution in [3.8, 4) is 6.07 Å². The van der Waals surface area contributed by atoms with E-state index in [1.165, 1.54) is 25.2 Å². The summed E-state index contributed by atoms with van der Waals surface area (Å²) < 4.78 is 22.2. The van der Waals surface area contributed by atoms with E-state index in [9.17, 15) is 14.0 Å². The summed E-state index contributed by atoms with van der Waals surface area (Å²) in [6.07, 6.45) is 0. The van der Waals surface area contributed by atoms with Crippen LogP contribution in [0.15, 0.2) is 18.2 Å². The summed E-state index contributed by atoms with van der Waals surface area (Å²) in [5.41, 5.74) is 0.266. The van der Waals surface area contributed by atoms with Gasteiger partial charge in [0.15, 0.2) is 0 Å². The van der Waals surface area contributed by atoms with Crippen molar-refractivity contribution in [1.82, 2.24) is 0 Å². The van der Waals surface area contributed by atoms with Crippen LogP contribution in [0.25, 0.3) is 0 Å². The normalized spacial score (nSPS) is 9.50. The number of hydrogen-bond acceptors (Lipinski definition) is 6. The molecule has 0 amide bonds. The first kappa shape index (κ1) is 15.4. The van der Waals surface area contributed by atoms with Crippen molar-refractivity contribution in [2.75, 3.05) is 32.2 Å². The van der Waals surface area contributed by atoms with Crippen LogP contribution in [-0.4, -0.2) is 39.2 Å². The Balaban J connectivity index is 3.12. The molecule has 0 heterocycles. The Hall–Kier alpha value is -2.62. The molecule has 0 spiro atoms. The summed E-state index contributed by atoms with van der Waals surface area (Å²) in [6, 6.07) is 5.29. The van der Waals surface area contributed by atoms with E-state index < -0.39 is 17.8 Å². The van der Waals surface area contributed by atoms with Crippen molar-refractivity contribution < 1.29 is 23.5 Å². The number of ether oxygens (including phenoxy) is 2. The lowest BCUT2D eigenvalue weighted by Gasteiger charge is -2.23. The molecule has 106 valence electrons. The molecule has 20 heavy (non-hydrogen) atoms. The highest BCUT2D eigenvalue weighted by molar-refractivity contribution is 5.82. The summed E-state index contributed by atoms with van der Waals surface area (Å²) in [4.78, 5) is 24.0. The van der Waals surface area contributed by atoms with Crippen LogP contribution in [0.1, 0.15) is 5.56 Å². The average Bonchev–Trinajstić information content (AvgIpc) is 2.45. The number of anilines is 1. The predicted octanol–water partition coefficient (Wildman–Crippen LogP) is 0.850. The molecular formula is C13H13FN2O4. The zero-order valence-corrected chi connectivity index (χ0v) is 11.1. The third-order valence-corrected chi connectivity index (χ3v) is 2.52. The molecule has 0 aliphatic carbocycles. The summed E-state index contributed by atoms with van der Waals surface area (Å²) in [6.45, 7) is -0.516. The number of rotatable bonds is 5. The molecule has 0 saturated heterocycles. The third-order valence-electron chi connectivity index (χ3n) is 2.52. The number of carbonyl (C=O) groups excluding carboxylic acids is 2. The molecule has 0 aromatic heterocycles. The van der Waals surface area contributed by atoms with Gasteiger partial charge in [-0.3, -0.25) is 9.59 Å². The number of nitriles is 1. The van der Waals surface area contributed by atoms with Crippen LogP contribution in [-0.2, 0) is 19.1 Å². The van der Waals surface area contributed by atoms with E-state index in [-0.39, 0.29) is 24.3 Å². The van der Waals surface area contributed by atoms with Crippen molar-refractivity contribution in [2.24, 2.45) is 0 Å². The molecule has 0 aliphatic rings. The number of esters is 2. The highest BCUT2D eigenvalue weighted by atomic mass is 19.1. The number of nitrogens with zero attached hydrogens (tertiary/aromatic N) is 2. The first-order valence-electron chi connectivity index (χ1n) is 5.60. The molecule has 0 N–H and O–H groups in total. The van der Waals surface area contributed by atoms with Gasteiger partial charge in [-0.05, 0) is 18.2 Å². The number of carbonyl (C=O) groups is 2. The summed E-state index contributed by atoms with van der Waals surface area (Å²) in [5, 5.41) is 9.00. The van der Waals surface area contributed by atoms with Gasteiger partial charge in [0.1, 0.15) is 25.0 Å². The van der Waals surface area contributed by atoms with Crippen molar-refractivity contribution in [1.29, 1.82) is 5.26 Å². The van der Waals surface area contributed by atoms with Crippen molar-refractivity contribution in [3.05, 3.63) is 29.6 Å². The van der Waals surface area contributed by atoms with E-state index in [0.29, 0.717) is 0 Å². The van der Waals surface area contributed by atoms with E-state index in [0.717, 1.165) is 12.1 Å². The van der Waals surface area contributed by atoms with Gasteiger partial charge in [-0.1, -0.05) is 0 Å². The van der Waals surface area contributed by atoms with Crippen molar-refractivity contribution in [3.63, 3.8) is 0 Å². The van der Waals surface area contributed by atoms with E-state index in [4.69, 9.17) is 5.26 Å². The van der Waals surface area contributed by atoms with Gasteiger partial charge in [0, 0.05) is 0 Å². The molecule has 0 radical (unpaired) electrons. The van der Waals surface area contributed by atoms with E-state index in [2.05, 4.69) is 9.47 Å². The van der Waals surface area contributed by atoms with Crippen LogP contribution in [0.5, 0.6) is 0 Å². The van der Waals surface area contributed by atoms with Gasteiger partial charge in [-0.2, -0.15) is 5.26 Å². The lowest BCUT2D eigenvalue weighted by atomic mass is 10.1.